The van der Waals surface area contributed by atoms with Crippen LogP contribution in [0.5, 0.6) is 0 Å². The fourth-order valence-electron chi connectivity index (χ4n) is 1.68. The number of amides is 1. The van der Waals surface area contributed by atoms with E-state index in [4.69, 9.17) is 0 Å². The van der Waals surface area contributed by atoms with Crippen molar-refractivity contribution in [1.82, 2.24) is 0 Å². The molecule has 1 amide bonds. The second-order valence-electron chi connectivity index (χ2n) is 4.53. The molecule has 0 saturated carbocycles. The minimum Gasteiger partial charge on any atom is -0.396 e. The Balaban J connectivity index is 3.02. The second kappa shape index (κ2) is 5.91. The fraction of sp³-hybridized carbons (Fsp3) is 0.462. The number of hydrogen-bond acceptors (Lipinski definition) is 2. The number of halogens is 2. The zero-order valence-corrected chi connectivity index (χ0v) is 10.7. The van der Waals surface area contributed by atoms with Gasteiger partial charge in [-0.25, -0.2) is 8.78 Å². The molecule has 0 bridgehead atoms. The summed E-state index contributed by atoms with van der Waals surface area (Å²) in [7, 11) is 1.37. The lowest BCUT2D eigenvalue weighted by molar-refractivity contribution is -0.124. The standard InChI is InChI=1S/C13H17F2NO2/c1-8(2)10(7-17)13(18)16(3)12-6-9(14)4-5-11(12)15/h4-6,8,10,17H,7H2,1-3H3. The summed E-state index contributed by atoms with van der Waals surface area (Å²) in [4.78, 5) is 13.1. The molecule has 0 aliphatic rings. The number of carbonyl (C=O) groups is 1. The quantitative estimate of drug-likeness (QED) is 0.898. The highest BCUT2D eigenvalue weighted by atomic mass is 19.1. The first-order valence-corrected chi connectivity index (χ1v) is 5.72. The molecule has 0 aliphatic heterocycles. The van der Waals surface area contributed by atoms with Gasteiger partial charge in [0, 0.05) is 13.1 Å². The Bertz CT molecular complexity index is 435. The van der Waals surface area contributed by atoms with E-state index in [1.165, 1.54) is 7.05 Å². The number of benzene rings is 1. The predicted molar refractivity (Wildman–Crippen MR) is 65.2 cm³/mol. The van der Waals surface area contributed by atoms with Crippen molar-refractivity contribution in [2.45, 2.75) is 13.8 Å². The van der Waals surface area contributed by atoms with Crippen molar-refractivity contribution < 1.29 is 18.7 Å². The summed E-state index contributed by atoms with van der Waals surface area (Å²) in [5.41, 5.74) is -0.126. The van der Waals surface area contributed by atoms with E-state index in [9.17, 15) is 18.7 Å². The van der Waals surface area contributed by atoms with Crippen molar-refractivity contribution >= 4 is 11.6 Å². The molecule has 0 aliphatic carbocycles. The Morgan fingerprint density at radius 2 is 2.00 bits per heavy atom. The highest BCUT2D eigenvalue weighted by Crippen LogP contribution is 2.23. The molecule has 0 fully saturated rings. The van der Waals surface area contributed by atoms with E-state index in [2.05, 4.69) is 0 Å². The third-order valence-electron chi connectivity index (χ3n) is 2.92. The molecule has 18 heavy (non-hydrogen) atoms. The molecule has 1 aromatic rings. The monoisotopic (exact) mass is 257 g/mol. The van der Waals surface area contributed by atoms with Gasteiger partial charge in [0.1, 0.15) is 11.6 Å². The van der Waals surface area contributed by atoms with Crippen molar-refractivity contribution in [3.8, 4) is 0 Å². The van der Waals surface area contributed by atoms with Crippen molar-refractivity contribution in [3.05, 3.63) is 29.8 Å². The summed E-state index contributed by atoms with van der Waals surface area (Å²) in [6.45, 7) is 3.25. The largest absolute Gasteiger partial charge is 0.396 e. The van der Waals surface area contributed by atoms with E-state index in [-0.39, 0.29) is 18.2 Å². The SMILES string of the molecule is CC(C)C(CO)C(=O)N(C)c1cc(F)ccc1F. The first kappa shape index (κ1) is 14.6. The molecular formula is C13H17F2NO2. The molecule has 1 unspecified atom stereocenters. The van der Waals surface area contributed by atoms with Gasteiger partial charge in [-0.05, 0) is 18.1 Å². The van der Waals surface area contributed by atoms with Crippen molar-refractivity contribution in [2.24, 2.45) is 11.8 Å². The lowest BCUT2D eigenvalue weighted by atomic mass is 9.95. The number of anilines is 1. The summed E-state index contributed by atoms with van der Waals surface area (Å²) in [5.74, 6) is -2.43. The number of rotatable bonds is 4. The Morgan fingerprint density at radius 3 is 2.50 bits per heavy atom. The number of carbonyl (C=O) groups excluding carboxylic acids is 1. The predicted octanol–water partition coefficient (Wildman–Crippen LogP) is 2.19. The third kappa shape index (κ3) is 3.04. The van der Waals surface area contributed by atoms with E-state index in [1.807, 2.05) is 0 Å². The molecule has 0 spiro atoms. The van der Waals surface area contributed by atoms with Gasteiger partial charge < -0.3 is 10.0 Å². The van der Waals surface area contributed by atoms with E-state index < -0.39 is 23.5 Å². The van der Waals surface area contributed by atoms with Gasteiger partial charge in [-0.15, -0.1) is 0 Å². The van der Waals surface area contributed by atoms with Gasteiger partial charge in [-0.1, -0.05) is 13.8 Å². The summed E-state index contributed by atoms with van der Waals surface area (Å²) in [6, 6.07) is 2.92. The highest BCUT2D eigenvalue weighted by Gasteiger charge is 2.26. The molecule has 1 rings (SSSR count). The van der Waals surface area contributed by atoms with Gasteiger partial charge in [0.15, 0.2) is 0 Å². The Kier molecular flexibility index (Phi) is 4.78. The topological polar surface area (TPSA) is 40.5 Å². The first-order chi connectivity index (χ1) is 8.38. The molecular weight excluding hydrogens is 240 g/mol. The van der Waals surface area contributed by atoms with Crippen molar-refractivity contribution in [1.29, 1.82) is 0 Å². The van der Waals surface area contributed by atoms with Gasteiger partial charge in [0.05, 0.1) is 18.2 Å². The van der Waals surface area contributed by atoms with Crippen LogP contribution in [0.15, 0.2) is 18.2 Å². The number of aliphatic hydroxyl groups is 1. The number of aliphatic hydroxyl groups excluding tert-OH is 1. The van der Waals surface area contributed by atoms with Gasteiger partial charge in [0.2, 0.25) is 5.91 Å². The molecule has 0 aromatic heterocycles. The van der Waals surface area contributed by atoms with Gasteiger partial charge in [-0.3, -0.25) is 4.79 Å². The van der Waals surface area contributed by atoms with E-state index in [0.717, 1.165) is 23.1 Å². The van der Waals surface area contributed by atoms with Crippen LogP contribution >= 0.6 is 0 Å². The highest BCUT2D eigenvalue weighted by molar-refractivity contribution is 5.94. The van der Waals surface area contributed by atoms with Crippen molar-refractivity contribution in [2.75, 3.05) is 18.6 Å². The summed E-state index contributed by atoms with van der Waals surface area (Å²) in [6.07, 6.45) is 0. The summed E-state index contributed by atoms with van der Waals surface area (Å²) in [5, 5.41) is 9.17. The summed E-state index contributed by atoms with van der Waals surface area (Å²) < 4.78 is 26.6. The molecule has 3 nitrogen and oxygen atoms in total. The van der Waals surface area contributed by atoms with Crippen LogP contribution in [0.25, 0.3) is 0 Å². The number of nitrogens with zero attached hydrogens (tertiary/aromatic N) is 1. The Morgan fingerprint density at radius 1 is 1.39 bits per heavy atom. The van der Waals surface area contributed by atoms with Crippen LogP contribution < -0.4 is 4.90 Å². The average molecular weight is 257 g/mol. The Labute approximate surface area is 105 Å². The van der Waals surface area contributed by atoms with Crippen LogP contribution in [-0.4, -0.2) is 24.7 Å². The third-order valence-corrected chi connectivity index (χ3v) is 2.92. The van der Waals surface area contributed by atoms with E-state index >= 15 is 0 Å². The van der Waals surface area contributed by atoms with Gasteiger partial charge in [0.25, 0.3) is 0 Å². The van der Waals surface area contributed by atoms with Crippen molar-refractivity contribution in [3.63, 3.8) is 0 Å². The van der Waals surface area contributed by atoms with Gasteiger partial charge in [-0.2, -0.15) is 0 Å². The molecule has 5 heteroatoms. The maximum Gasteiger partial charge on any atom is 0.232 e. The smallest absolute Gasteiger partial charge is 0.232 e. The van der Waals surface area contributed by atoms with Crippen LogP contribution in [-0.2, 0) is 4.79 Å². The van der Waals surface area contributed by atoms with Gasteiger partial charge >= 0.3 is 0 Å². The summed E-state index contributed by atoms with van der Waals surface area (Å²) >= 11 is 0. The second-order valence-corrected chi connectivity index (χ2v) is 4.53. The molecule has 1 atom stereocenters. The molecule has 0 saturated heterocycles. The zero-order valence-electron chi connectivity index (χ0n) is 10.7. The fourth-order valence-corrected chi connectivity index (χ4v) is 1.68. The van der Waals surface area contributed by atoms with Crippen LogP contribution in [0.4, 0.5) is 14.5 Å². The normalized spacial score (nSPS) is 12.6. The van der Waals surface area contributed by atoms with Crippen LogP contribution in [0, 0.1) is 23.5 Å². The zero-order chi connectivity index (χ0) is 13.9. The number of hydrogen-bond donors (Lipinski definition) is 1. The molecule has 100 valence electrons. The maximum absolute atomic E-state index is 13.5. The lowest BCUT2D eigenvalue weighted by Crippen LogP contribution is -2.37. The average Bonchev–Trinajstić information content (AvgIpc) is 2.31. The van der Waals surface area contributed by atoms with Crippen LogP contribution in [0.2, 0.25) is 0 Å². The first-order valence-electron chi connectivity index (χ1n) is 5.72. The molecule has 0 radical (unpaired) electrons. The molecule has 1 N–H and O–H groups in total. The minimum atomic E-state index is -0.673. The van der Waals surface area contributed by atoms with E-state index in [0.29, 0.717) is 0 Å². The van der Waals surface area contributed by atoms with Crippen LogP contribution in [0.1, 0.15) is 13.8 Å². The molecule has 1 aromatic carbocycles. The Hall–Kier alpha value is -1.49. The maximum atomic E-state index is 13.5. The minimum absolute atomic E-state index is 0.0819. The van der Waals surface area contributed by atoms with E-state index in [1.54, 1.807) is 13.8 Å². The molecule has 0 heterocycles. The lowest BCUT2D eigenvalue weighted by Gasteiger charge is -2.25. The van der Waals surface area contributed by atoms with Crippen LogP contribution in [0.3, 0.4) is 0 Å².